The zero-order valence-corrected chi connectivity index (χ0v) is 12.8. The van der Waals surface area contributed by atoms with Gasteiger partial charge in [0.2, 0.25) is 5.91 Å². The fourth-order valence-electron chi connectivity index (χ4n) is 2.08. The summed E-state index contributed by atoms with van der Waals surface area (Å²) < 4.78 is 0. The normalized spacial score (nSPS) is 10.2. The number of nitrogens with zero attached hydrogens (tertiary/aromatic N) is 1. The molecule has 0 saturated heterocycles. The Morgan fingerprint density at radius 2 is 1.90 bits per heavy atom. The minimum atomic E-state index is 0.0170. The number of para-hydroxylation sites is 1. The molecule has 110 valence electrons. The molecule has 0 saturated carbocycles. The lowest BCUT2D eigenvalue weighted by molar-refractivity contribution is -0.119. The molecule has 1 N–H and O–H groups in total. The summed E-state index contributed by atoms with van der Waals surface area (Å²) >= 11 is 5.93. The third kappa shape index (κ3) is 5.12. The molecule has 0 aliphatic heterocycles. The van der Waals surface area contributed by atoms with Crippen LogP contribution < -0.4 is 10.2 Å². The van der Waals surface area contributed by atoms with E-state index in [0.717, 1.165) is 22.7 Å². The van der Waals surface area contributed by atoms with Crippen molar-refractivity contribution in [1.29, 1.82) is 0 Å². The number of amides is 1. The predicted octanol–water partition coefficient (Wildman–Crippen LogP) is 3.14. The number of rotatable bonds is 6. The first kappa shape index (κ1) is 15.4. The molecule has 2 rings (SSSR count). The molecule has 0 atom stereocenters. The molecule has 0 aliphatic rings. The molecular formula is C17H19ClN2O. The Hall–Kier alpha value is -2.00. The highest BCUT2D eigenvalue weighted by atomic mass is 35.5. The highest BCUT2D eigenvalue weighted by molar-refractivity contribution is 6.30. The third-order valence-electron chi connectivity index (χ3n) is 3.20. The second kappa shape index (κ2) is 7.70. The molecule has 0 bridgehead atoms. The summed E-state index contributed by atoms with van der Waals surface area (Å²) in [6.45, 7) is 0.960. The van der Waals surface area contributed by atoms with Gasteiger partial charge >= 0.3 is 0 Å². The van der Waals surface area contributed by atoms with E-state index in [1.165, 1.54) is 0 Å². The number of nitrogens with one attached hydrogen (secondary N) is 1. The summed E-state index contributed by atoms with van der Waals surface area (Å²) in [4.78, 5) is 13.8. The molecular weight excluding hydrogens is 284 g/mol. The molecule has 3 nitrogen and oxygen atoms in total. The zero-order chi connectivity index (χ0) is 15.1. The number of benzene rings is 2. The summed E-state index contributed by atoms with van der Waals surface area (Å²) in [6, 6.07) is 17.5. The first-order chi connectivity index (χ1) is 10.1. The van der Waals surface area contributed by atoms with Crippen molar-refractivity contribution >= 4 is 23.2 Å². The summed E-state index contributed by atoms with van der Waals surface area (Å²) in [5.74, 6) is 0.0170. The second-order valence-corrected chi connectivity index (χ2v) is 5.36. The van der Waals surface area contributed by atoms with Crippen LogP contribution in [0.1, 0.15) is 5.56 Å². The van der Waals surface area contributed by atoms with Crippen LogP contribution in [0.3, 0.4) is 0 Å². The van der Waals surface area contributed by atoms with E-state index in [0.29, 0.717) is 13.1 Å². The minimum Gasteiger partial charge on any atom is -0.365 e. The summed E-state index contributed by atoms with van der Waals surface area (Å²) in [6.07, 6.45) is 0.779. The molecule has 0 spiro atoms. The van der Waals surface area contributed by atoms with Gasteiger partial charge in [-0.3, -0.25) is 4.79 Å². The van der Waals surface area contributed by atoms with Crippen LogP contribution in [0.15, 0.2) is 54.6 Å². The molecule has 4 heteroatoms. The summed E-state index contributed by atoms with van der Waals surface area (Å²) in [5, 5.41) is 3.65. The number of hydrogen-bond donors (Lipinski definition) is 1. The third-order valence-corrected chi connectivity index (χ3v) is 3.44. The molecule has 0 aromatic heterocycles. The molecule has 0 aliphatic carbocycles. The number of carbonyl (C=O) groups is 1. The van der Waals surface area contributed by atoms with Crippen molar-refractivity contribution in [3.05, 3.63) is 65.2 Å². The van der Waals surface area contributed by atoms with Gasteiger partial charge in [-0.1, -0.05) is 41.9 Å². The fraction of sp³-hybridized carbons (Fsp3) is 0.235. The van der Waals surface area contributed by atoms with Crippen LogP contribution >= 0.6 is 11.6 Å². The van der Waals surface area contributed by atoms with Gasteiger partial charge in [0.1, 0.15) is 0 Å². The van der Waals surface area contributed by atoms with Gasteiger partial charge in [0.25, 0.3) is 0 Å². The number of likely N-dealkylation sites (N-methyl/N-ethyl adjacent to an activating group) is 1. The van der Waals surface area contributed by atoms with Crippen LogP contribution in [0.5, 0.6) is 0 Å². The first-order valence-electron chi connectivity index (χ1n) is 6.92. The van der Waals surface area contributed by atoms with Crippen molar-refractivity contribution in [2.45, 2.75) is 6.42 Å². The quantitative estimate of drug-likeness (QED) is 0.889. The van der Waals surface area contributed by atoms with Gasteiger partial charge in [0.15, 0.2) is 0 Å². The predicted molar refractivity (Wildman–Crippen MR) is 87.9 cm³/mol. The van der Waals surface area contributed by atoms with Crippen LogP contribution in [-0.2, 0) is 11.2 Å². The zero-order valence-electron chi connectivity index (χ0n) is 12.1. The Balaban J connectivity index is 1.75. The largest absolute Gasteiger partial charge is 0.365 e. The first-order valence-corrected chi connectivity index (χ1v) is 7.30. The number of hydrogen-bond acceptors (Lipinski definition) is 2. The fourth-order valence-corrected chi connectivity index (χ4v) is 2.30. The summed E-state index contributed by atoms with van der Waals surface area (Å²) in [5.41, 5.74) is 2.15. The van der Waals surface area contributed by atoms with Gasteiger partial charge in [0, 0.05) is 24.3 Å². The molecule has 2 aromatic rings. The maximum absolute atomic E-state index is 11.9. The van der Waals surface area contributed by atoms with Gasteiger partial charge in [-0.15, -0.1) is 0 Å². The van der Waals surface area contributed by atoms with Crippen LogP contribution in [0.2, 0.25) is 5.02 Å². The average molecular weight is 303 g/mol. The molecule has 1 amide bonds. The smallest absolute Gasteiger partial charge is 0.239 e. The van der Waals surface area contributed by atoms with E-state index in [-0.39, 0.29) is 5.91 Å². The lowest BCUT2D eigenvalue weighted by Crippen LogP contribution is -2.36. The maximum Gasteiger partial charge on any atom is 0.239 e. The Bertz CT molecular complexity index is 586. The van der Waals surface area contributed by atoms with Crippen molar-refractivity contribution < 1.29 is 4.79 Å². The molecule has 2 aromatic carbocycles. The van der Waals surface area contributed by atoms with E-state index in [1.54, 1.807) is 0 Å². The highest BCUT2D eigenvalue weighted by Crippen LogP contribution is 2.11. The molecule has 0 radical (unpaired) electrons. The van der Waals surface area contributed by atoms with Crippen molar-refractivity contribution in [1.82, 2.24) is 5.32 Å². The van der Waals surface area contributed by atoms with Crippen LogP contribution in [0, 0.1) is 0 Å². The van der Waals surface area contributed by atoms with Crippen LogP contribution in [0.25, 0.3) is 0 Å². The summed E-state index contributed by atoms with van der Waals surface area (Å²) in [7, 11) is 1.91. The van der Waals surface area contributed by atoms with Gasteiger partial charge in [-0.2, -0.15) is 0 Å². The number of carbonyl (C=O) groups excluding carboxylic acids is 1. The van der Waals surface area contributed by atoms with E-state index < -0.39 is 0 Å². The Morgan fingerprint density at radius 3 is 2.62 bits per heavy atom. The van der Waals surface area contributed by atoms with E-state index in [1.807, 2.05) is 66.5 Å². The highest BCUT2D eigenvalue weighted by Gasteiger charge is 2.06. The molecule has 21 heavy (non-hydrogen) atoms. The SMILES string of the molecule is CN(CC(=O)NCCc1cccc(Cl)c1)c1ccccc1. The van der Waals surface area contributed by atoms with E-state index in [2.05, 4.69) is 5.32 Å². The van der Waals surface area contributed by atoms with E-state index in [9.17, 15) is 4.79 Å². The van der Waals surface area contributed by atoms with Gasteiger partial charge in [0.05, 0.1) is 6.54 Å². The minimum absolute atomic E-state index is 0.0170. The topological polar surface area (TPSA) is 32.3 Å². The van der Waals surface area contributed by atoms with Crippen molar-refractivity contribution in [2.24, 2.45) is 0 Å². The molecule has 0 heterocycles. The van der Waals surface area contributed by atoms with Crippen molar-refractivity contribution in [3.8, 4) is 0 Å². The lowest BCUT2D eigenvalue weighted by atomic mass is 10.1. The average Bonchev–Trinajstić information content (AvgIpc) is 2.48. The Kier molecular flexibility index (Phi) is 5.64. The number of halogens is 1. The Labute approximate surface area is 130 Å². The Morgan fingerprint density at radius 1 is 1.14 bits per heavy atom. The lowest BCUT2D eigenvalue weighted by Gasteiger charge is -2.18. The van der Waals surface area contributed by atoms with Crippen molar-refractivity contribution in [2.75, 3.05) is 25.0 Å². The molecule has 0 unspecified atom stereocenters. The standard InChI is InChI=1S/C17H19ClN2O/c1-20(16-8-3-2-4-9-16)13-17(21)19-11-10-14-6-5-7-15(18)12-14/h2-9,12H,10-11,13H2,1H3,(H,19,21). The van der Waals surface area contributed by atoms with Gasteiger partial charge in [-0.25, -0.2) is 0 Å². The van der Waals surface area contributed by atoms with E-state index in [4.69, 9.17) is 11.6 Å². The van der Waals surface area contributed by atoms with Gasteiger partial charge < -0.3 is 10.2 Å². The van der Waals surface area contributed by atoms with Gasteiger partial charge in [-0.05, 0) is 36.2 Å². The molecule has 0 fully saturated rings. The monoisotopic (exact) mass is 302 g/mol. The van der Waals surface area contributed by atoms with Crippen LogP contribution in [0.4, 0.5) is 5.69 Å². The van der Waals surface area contributed by atoms with Crippen molar-refractivity contribution in [3.63, 3.8) is 0 Å². The maximum atomic E-state index is 11.9. The van der Waals surface area contributed by atoms with Crippen LogP contribution in [-0.4, -0.2) is 26.0 Å². The second-order valence-electron chi connectivity index (χ2n) is 4.92. The number of anilines is 1. The van der Waals surface area contributed by atoms with E-state index >= 15 is 0 Å².